The van der Waals surface area contributed by atoms with Crippen molar-refractivity contribution in [2.45, 2.75) is 25.8 Å². The van der Waals surface area contributed by atoms with Gasteiger partial charge >= 0.3 is 0 Å². The van der Waals surface area contributed by atoms with Crippen LogP contribution in [0, 0.1) is 0 Å². The highest BCUT2D eigenvalue weighted by Gasteiger charge is 2.17. The molecule has 1 N–H and O–H groups in total. The Morgan fingerprint density at radius 2 is 2.37 bits per heavy atom. The third-order valence-corrected chi connectivity index (χ3v) is 4.07. The molecule has 3 nitrogen and oxygen atoms in total. The molecule has 2 heterocycles. The molecule has 100 valence electrons. The quantitative estimate of drug-likeness (QED) is 0.903. The van der Waals surface area contributed by atoms with Gasteiger partial charge < -0.3 is 5.32 Å². The average Bonchev–Trinajstić information content (AvgIpc) is 2.92. The van der Waals surface area contributed by atoms with E-state index in [1.807, 2.05) is 17.5 Å². The Kier molecular flexibility index (Phi) is 4.93. The number of carbonyl (C=O) groups is 1. The van der Waals surface area contributed by atoms with Crippen LogP contribution in [0.2, 0.25) is 5.02 Å². The molecular formula is C14H15ClN2OS. The smallest absolute Gasteiger partial charge is 0.253 e. The number of hydrogen-bond donors (Lipinski definition) is 1. The normalized spacial score (nSPS) is 12.1. The van der Waals surface area contributed by atoms with Crippen LogP contribution in [0.5, 0.6) is 0 Å². The average molecular weight is 295 g/mol. The van der Waals surface area contributed by atoms with Gasteiger partial charge in [0.15, 0.2) is 0 Å². The summed E-state index contributed by atoms with van der Waals surface area (Å²) < 4.78 is 0. The minimum atomic E-state index is -0.153. The van der Waals surface area contributed by atoms with Crippen LogP contribution in [-0.4, -0.2) is 10.9 Å². The summed E-state index contributed by atoms with van der Waals surface area (Å²) in [5.41, 5.74) is 0.467. The van der Waals surface area contributed by atoms with E-state index in [1.165, 1.54) is 11.1 Å². The third kappa shape index (κ3) is 3.55. The second-order valence-corrected chi connectivity index (χ2v) is 5.57. The first-order chi connectivity index (χ1) is 9.22. The number of pyridine rings is 1. The van der Waals surface area contributed by atoms with Gasteiger partial charge in [0, 0.05) is 17.3 Å². The topological polar surface area (TPSA) is 42.0 Å². The lowest BCUT2D eigenvalue weighted by Crippen LogP contribution is -2.28. The zero-order valence-corrected chi connectivity index (χ0v) is 12.2. The number of nitrogens with one attached hydrogen (secondary N) is 1. The molecule has 1 unspecified atom stereocenters. The molecule has 0 aromatic carbocycles. The van der Waals surface area contributed by atoms with Crippen molar-refractivity contribution in [3.8, 4) is 0 Å². The van der Waals surface area contributed by atoms with E-state index >= 15 is 0 Å². The van der Waals surface area contributed by atoms with Gasteiger partial charge in [0.25, 0.3) is 5.91 Å². The van der Waals surface area contributed by atoms with Gasteiger partial charge in [0.05, 0.1) is 16.6 Å². The molecular weight excluding hydrogens is 280 g/mol. The van der Waals surface area contributed by atoms with Gasteiger partial charge in [0.1, 0.15) is 0 Å². The van der Waals surface area contributed by atoms with Crippen LogP contribution >= 0.6 is 22.9 Å². The molecule has 2 aromatic rings. The van der Waals surface area contributed by atoms with Crippen molar-refractivity contribution in [1.82, 2.24) is 10.3 Å². The van der Waals surface area contributed by atoms with Gasteiger partial charge in [-0.3, -0.25) is 9.78 Å². The van der Waals surface area contributed by atoms with Crippen LogP contribution in [0.25, 0.3) is 0 Å². The number of halogens is 1. The lowest BCUT2D eigenvalue weighted by molar-refractivity contribution is 0.0935. The lowest BCUT2D eigenvalue weighted by atomic mass is 10.1. The van der Waals surface area contributed by atoms with Gasteiger partial charge in [0.2, 0.25) is 0 Å². The highest BCUT2D eigenvalue weighted by molar-refractivity contribution is 7.10. The predicted molar refractivity (Wildman–Crippen MR) is 78.7 cm³/mol. The van der Waals surface area contributed by atoms with Gasteiger partial charge in [-0.15, -0.1) is 11.3 Å². The standard InChI is InChI=1S/C14H15ClN2OS/c1-2-4-12(13-5-3-8-19-13)17-14(18)10-6-7-16-9-11(10)15/h3,5-9,12H,2,4H2,1H3,(H,17,18). The second kappa shape index (κ2) is 6.68. The van der Waals surface area contributed by atoms with E-state index in [9.17, 15) is 4.79 Å². The molecule has 0 aliphatic rings. The Morgan fingerprint density at radius 3 is 3.00 bits per heavy atom. The molecule has 0 bridgehead atoms. The largest absolute Gasteiger partial charge is 0.344 e. The van der Waals surface area contributed by atoms with Crippen LogP contribution in [0.3, 0.4) is 0 Å². The van der Waals surface area contributed by atoms with Crippen molar-refractivity contribution < 1.29 is 4.79 Å². The van der Waals surface area contributed by atoms with Crippen LogP contribution in [0.4, 0.5) is 0 Å². The van der Waals surface area contributed by atoms with Crippen LogP contribution in [0.1, 0.15) is 41.0 Å². The molecule has 19 heavy (non-hydrogen) atoms. The first kappa shape index (κ1) is 14.0. The molecule has 1 atom stereocenters. The highest BCUT2D eigenvalue weighted by atomic mass is 35.5. The Morgan fingerprint density at radius 1 is 1.53 bits per heavy atom. The zero-order valence-electron chi connectivity index (χ0n) is 10.6. The Balaban J connectivity index is 2.14. The highest BCUT2D eigenvalue weighted by Crippen LogP contribution is 2.24. The summed E-state index contributed by atoms with van der Waals surface area (Å²) in [7, 11) is 0. The van der Waals surface area contributed by atoms with E-state index in [1.54, 1.807) is 23.6 Å². The Hall–Kier alpha value is -1.39. The summed E-state index contributed by atoms with van der Waals surface area (Å²) in [5.74, 6) is -0.153. The fraction of sp³-hybridized carbons (Fsp3) is 0.286. The maximum Gasteiger partial charge on any atom is 0.253 e. The van der Waals surface area contributed by atoms with Crippen LogP contribution in [0.15, 0.2) is 36.0 Å². The second-order valence-electron chi connectivity index (χ2n) is 4.19. The first-order valence-corrected chi connectivity index (χ1v) is 7.42. The summed E-state index contributed by atoms with van der Waals surface area (Å²) >= 11 is 7.64. The maximum absolute atomic E-state index is 12.2. The molecule has 0 spiro atoms. The molecule has 2 aromatic heterocycles. The Bertz CT molecular complexity index is 542. The fourth-order valence-electron chi connectivity index (χ4n) is 1.86. The van der Waals surface area contributed by atoms with Crippen molar-refractivity contribution in [1.29, 1.82) is 0 Å². The number of amides is 1. The number of nitrogens with zero attached hydrogens (tertiary/aromatic N) is 1. The molecule has 0 radical (unpaired) electrons. The first-order valence-electron chi connectivity index (χ1n) is 6.16. The molecule has 2 rings (SSSR count). The molecule has 0 saturated carbocycles. The fourth-order valence-corrected chi connectivity index (χ4v) is 2.88. The van der Waals surface area contributed by atoms with Crippen molar-refractivity contribution in [3.05, 3.63) is 51.4 Å². The number of aromatic nitrogens is 1. The number of thiophene rings is 1. The summed E-state index contributed by atoms with van der Waals surface area (Å²) in [5, 5.41) is 5.43. The minimum absolute atomic E-state index is 0.0433. The zero-order chi connectivity index (χ0) is 13.7. The molecule has 0 fully saturated rings. The van der Waals surface area contributed by atoms with E-state index in [4.69, 9.17) is 11.6 Å². The van der Waals surface area contributed by atoms with Crippen molar-refractivity contribution >= 4 is 28.8 Å². The summed E-state index contributed by atoms with van der Waals surface area (Å²) in [6.45, 7) is 2.10. The van der Waals surface area contributed by atoms with Crippen LogP contribution in [-0.2, 0) is 0 Å². The van der Waals surface area contributed by atoms with E-state index in [0.29, 0.717) is 10.6 Å². The Labute approximate surface area is 121 Å². The van der Waals surface area contributed by atoms with E-state index in [2.05, 4.69) is 17.2 Å². The SMILES string of the molecule is CCCC(NC(=O)c1ccncc1Cl)c1cccs1. The number of rotatable bonds is 5. The molecule has 5 heteroatoms. The third-order valence-electron chi connectivity index (χ3n) is 2.79. The summed E-state index contributed by atoms with van der Waals surface area (Å²) in [6.07, 6.45) is 4.97. The molecule has 0 aliphatic heterocycles. The molecule has 1 amide bonds. The van der Waals surface area contributed by atoms with E-state index < -0.39 is 0 Å². The lowest BCUT2D eigenvalue weighted by Gasteiger charge is -2.17. The van der Waals surface area contributed by atoms with Crippen molar-refractivity contribution in [2.24, 2.45) is 0 Å². The van der Waals surface area contributed by atoms with Gasteiger partial charge in [-0.1, -0.05) is 31.0 Å². The predicted octanol–water partition coefficient (Wildman–Crippen LogP) is 4.07. The van der Waals surface area contributed by atoms with E-state index in [-0.39, 0.29) is 11.9 Å². The van der Waals surface area contributed by atoms with Gasteiger partial charge in [-0.2, -0.15) is 0 Å². The van der Waals surface area contributed by atoms with Crippen molar-refractivity contribution in [3.63, 3.8) is 0 Å². The van der Waals surface area contributed by atoms with E-state index in [0.717, 1.165) is 12.8 Å². The number of carbonyl (C=O) groups excluding carboxylic acids is 1. The number of hydrogen-bond acceptors (Lipinski definition) is 3. The summed E-state index contributed by atoms with van der Waals surface area (Å²) in [4.78, 5) is 17.3. The van der Waals surface area contributed by atoms with Gasteiger partial charge in [-0.25, -0.2) is 0 Å². The molecule has 0 aliphatic carbocycles. The summed E-state index contributed by atoms with van der Waals surface area (Å²) in [6, 6.07) is 5.71. The molecule has 0 saturated heterocycles. The van der Waals surface area contributed by atoms with Crippen LogP contribution < -0.4 is 5.32 Å². The van der Waals surface area contributed by atoms with Gasteiger partial charge in [-0.05, 0) is 23.9 Å². The monoisotopic (exact) mass is 294 g/mol. The minimum Gasteiger partial charge on any atom is -0.344 e. The van der Waals surface area contributed by atoms with Crippen molar-refractivity contribution in [2.75, 3.05) is 0 Å². The maximum atomic E-state index is 12.2.